The minimum absolute atomic E-state index is 0.239. The van der Waals surface area contributed by atoms with E-state index in [1.807, 2.05) is 0 Å². The molecule has 0 radical (unpaired) electrons. The Labute approximate surface area is 113 Å². The van der Waals surface area contributed by atoms with E-state index in [2.05, 4.69) is 18.7 Å². The Morgan fingerprint density at radius 2 is 2.26 bits per heavy atom. The van der Waals surface area contributed by atoms with Gasteiger partial charge in [0.1, 0.15) is 5.82 Å². The highest BCUT2D eigenvalue weighted by molar-refractivity contribution is 5.88. The topological polar surface area (TPSA) is 40.5 Å². The van der Waals surface area contributed by atoms with Gasteiger partial charge < -0.3 is 5.11 Å². The number of hydrogen-bond donors (Lipinski definition) is 1. The maximum Gasteiger partial charge on any atom is 0.338 e. The summed E-state index contributed by atoms with van der Waals surface area (Å²) in [7, 11) is 0. The number of aromatic carboxylic acids is 1. The summed E-state index contributed by atoms with van der Waals surface area (Å²) in [6, 6.07) is 4.36. The van der Waals surface area contributed by atoms with Crippen molar-refractivity contribution in [2.75, 3.05) is 13.1 Å². The molecule has 1 aromatic carbocycles. The lowest BCUT2D eigenvalue weighted by molar-refractivity contribution is 0.0691. The number of carboxylic acids is 1. The molecular weight excluding hydrogens is 245 g/mol. The van der Waals surface area contributed by atoms with Gasteiger partial charge in [0.15, 0.2) is 0 Å². The molecule has 19 heavy (non-hydrogen) atoms. The number of carbonyl (C=O) groups is 1. The monoisotopic (exact) mass is 265 g/mol. The summed E-state index contributed by atoms with van der Waals surface area (Å²) in [5, 5.41) is 8.91. The number of benzene rings is 1. The van der Waals surface area contributed by atoms with E-state index >= 15 is 0 Å². The average molecular weight is 265 g/mol. The molecule has 4 heteroatoms. The van der Waals surface area contributed by atoms with Crippen LogP contribution in [0.2, 0.25) is 0 Å². The van der Waals surface area contributed by atoms with Gasteiger partial charge in [-0.15, -0.1) is 0 Å². The lowest BCUT2D eigenvalue weighted by atomic mass is 9.95. The molecule has 0 saturated carbocycles. The highest BCUT2D eigenvalue weighted by atomic mass is 19.1. The van der Waals surface area contributed by atoms with Gasteiger partial charge in [-0.3, -0.25) is 4.90 Å². The molecule has 1 heterocycles. The summed E-state index contributed by atoms with van der Waals surface area (Å²) >= 11 is 0. The van der Waals surface area contributed by atoms with Crippen LogP contribution >= 0.6 is 0 Å². The van der Waals surface area contributed by atoms with E-state index in [1.165, 1.54) is 18.6 Å². The lowest BCUT2D eigenvalue weighted by Gasteiger charge is -2.18. The van der Waals surface area contributed by atoms with Crippen LogP contribution in [0.4, 0.5) is 4.39 Å². The van der Waals surface area contributed by atoms with Gasteiger partial charge >= 0.3 is 5.97 Å². The van der Waals surface area contributed by atoms with Crippen molar-refractivity contribution in [3.8, 4) is 0 Å². The summed E-state index contributed by atoms with van der Waals surface area (Å²) in [6.07, 6.45) is 1.19. The molecule has 0 aliphatic carbocycles. The second kappa shape index (κ2) is 5.70. The molecule has 0 amide bonds. The van der Waals surface area contributed by atoms with E-state index < -0.39 is 11.8 Å². The van der Waals surface area contributed by atoms with E-state index in [9.17, 15) is 9.18 Å². The summed E-state index contributed by atoms with van der Waals surface area (Å²) in [6.45, 7) is 7.23. The van der Waals surface area contributed by atoms with Crippen LogP contribution in [0.3, 0.4) is 0 Å². The van der Waals surface area contributed by atoms with Crippen molar-refractivity contribution < 1.29 is 14.3 Å². The highest BCUT2D eigenvalue weighted by Crippen LogP contribution is 2.25. The number of hydrogen-bond acceptors (Lipinski definition) is 2. The second-order valence-corrected chi connectivity index (χ2v) is 5.65. The molecule has 1 N–H and O–H groups in total. The molecule has 1 aromatic rings. The van der Waals surface area contributed by atoms with Crippen LogP contribution in [0.15, 0.2) is 18.2 Å². The minimum atomic E-state index is -1.21. The number of nitrogens with zero attached hydrogens (tertiary/aromatic N) is 1. The van der Waals surface area contributed by atoms with Gasteiger partial charge in [-0.1, -0.05) is 19.9 Å². The molecule has 1 unspecified atom stereocenters. The van der Waals surface area contributed by atoms with Crippen LogP contribution in [0.5, 0.6) is 0 Å². The van der Waals surface area contributed by atoms with Crippen molar-refractivity contribution in [2.45, 2.75) is 26.8 Å². The van der Waals surface area contributed by atoms with Gasteiger partial charge in [0.25, 0.3) is 0 Å². The SMILES string of the molecule is CC(C)C1CCN(Cc2ccc(F)c(C(=O)O)c2)C1. The third-order valence-corrected chi connectivity index (χ3v) is 3.92. The first-order valence-corrected chi connectivity index (χ1v) is 6.71. The zero-order valence-electron chi connectivity index (χ0n) is 11.4. The standard InChI is InChI=1S/C15H20FNO2/c1-10(2)12-5-6-17(9-12)8-11-3-4-14(16)13(7-11)15(18)19/h3-4,7,10,12H,5-6,8-9H2,1-2H3,(H,18,19). The lowest BCUT2D eigenvalue weighted by Crippen LogP contribution is -2.21. The quantitative estimate of drug-likeness (QED) is 0.909. The highest BCUT2D eigenvalue weighted by Gasteiger charge is 2.24. The van der Waals surface area contributed by atoms with Crippen LogP contribution in [-0.4, -0.2) is 29.1 Å². The molecule has 3 nitrogen and oxygen atoms in total. The Morgan fingerprint density at radius 1 is 1.53 bits per heavy atom. The first-order valence-electron chi connectivity index (χ1n) is 6.71. The van der Waals surface area contributed by atoms with Crippen LogP contribution in [0.25, 0.3) is 0 Å². The van der Waals surface area contributed by atoms with Crippen molar-refractivity contribution in [1.82, 2.24) is 4.90 Å². The van der Waals surface area contributed by atoms with Crippen molar-refractivity contribution in [3.63, 3.8) is 0 Å². The zero-order valence-corrected chi connectivity index (χ0v) is 11.4. The number of rotatable bonds is 4. The molecule has 1 aliphatic heterocycles. The first kappa shape index (κ1) is 14.0. The first-order chi connectivity index (χ1) is 8.97. The molecule has 0 bridgehead atoms. The fourth-order valence-corrected chi connectivity index (χ4v) is 2.64. The summed E-state index contributed by atoms with van der Waals surface area (Å²) in [5.41, 5.74) is 0.625. The van der Waals surface area contributed by atoms with E-state index in [0.717, 1.165) is 18.7 Å². The predicted octanol–water partition coefficient (Wildman–Crippen LogP) is 3.00. The van der Waals surface area contributed by atoms with Crippen LogP contribution in [0.1, 0.15) is 36.2 Å². The molecule has 1 fully saturated rings. The van der Waals surface area contributed by atoms with Gasteiger partial charge in [0, 0.05) is 13.1 Å². The third kappa shape index (κ3) is 3.32. The van der Waals surface area contributed by atoms with Crippen molar-refractivity contribution in [1.29, 1.82) is 0 Å². The number of likely N-dealkylation sites (tertiary alicyclic amines) is 1. The van der Waals surface area contributed by atoms with E-state index in [-0.39, 0.29) is 5.56 Å². The van der Waals surface area contributed by atoms with Crippen molar-refractivity contribution in [3.05, 3.63) is 35.1 Å². The van der Waals surface area contributed by atoms with Crippen molar-refractivity contribution >= 4 is 5.97 Å². The predicted molar refractivity (Wildman–Crippen MR) is 71.6 cm³/mol. The van der Waals surface area contributed by atoms with Crippen molar-refractivity contribution in [2.24, 2.45) is 11.8 Å². The summed E-state index contributed by atoms with van der Waals surface area (Å²) in [5.74, 6) is -0.495. The molecular formula is C15H20FNO2. The maximum absolute atomic E-state index is 13.3. The van der Waals surface area contributed by atoms with Gasteiger partial charge in [-0.25, -0.2) is 9.18 Å². The van der Waals surface area contributed by atoms with Gasteiger partial charge in [-0.05, 0) is 42.5 Å². The number of halogens is 1. The fraction of sp³-hybridized carbons (Fsp3) is 0.533. The summed E-state index contributed by atoms with van der Waals surface area (Å²) in [4.78, 5) is 13.2. The van der Waals surface area contributed by atoms with E-state index in [0.29, 0.717) is 18.4 Å². The molecule has 1 atom stereocenters. The molecule has 0 spiro atoms. The Kier molecular flexibility index (Phi) is 4.20. The van der Waals surface area contributed by atoms with E-state index in [4.69, 9.17) is 5.11 Å². The zero-order chi connectivity index (χ0) is 14.0. The minimum Gasteiger partial charge on any atom is -0.478 e. The normalized spacial score (nSPS) is 20.1. The average Bonchev–Trinajstić information content (AvgIpc) is 2.80. The van der Waals surface area contributed by atoms with Crippen LogP contribution in [-0.2, 0) is 6.54 Å². The molecule has 1 saturated heterocycles. The number of carboxylic acid groups (broad SMARTS) is 1. The Hall–Kier alpha value is -1.42. The summed E-state index contributed by atoms with van der Waals surface area (Å²) < 4.78 is 13.3. The van der Waals surface area contributed by atoms with Crippen LogP contribution < -0.4 is 0 Å². The molecule has 1 aliphatic rings. The largest absolute Gasteiger partial charge is 0.478 e. The maximum atomic E-state index is 13.3. The second-order valence-electron chi connectivity index (χ2n) is 5.65. The Bertz CT molecular complexity index is 473. The van der Waals surface area contributed by atoms with E-state index in [1.54, 1.807) is 6.07 Å². The molecule has 2 rings (SSSR count). The molecule has 104 valence electrons. The van der Waals surface area contributed by atoms with Gasteiger partial charge in [0.2, 0.25) is 0 Å². The van der Waals surface area contributed by atoms with Gasteiger partial charge in [0.05, 0.1) is 5.56 Å². The third-order valence-electron chi connectivity index (χ3n) is 3.92. The Balaban J connectivity index is 2.04. The smallest absolute Gasteiger partial charge is 0.338 e. The molecule has 0 aromatic heterocycles. The van der Waals surface area contributed by atoms with Crippen LogP contribution in [0, 0.1) is 17.7 Å². The fourth-order valence-electron chi connectivity index (χ4n) is 2.64. The Morgan fingerprint density at radius 3 is 2.84 bits per heavy atom. The van der Waals surface area contributed by atoms with Gasteiger partial charge in [-0.2, -0.15) is 0 Å².